The number of nitrogens with two attached hydrogens (primary N) is 1. The Bertz CT molecular complexity index is 501. The maximum Gasteiger partial charge on any atom is 0.251 e. The molecule has 1 aromatic heterocycles. The Morgan fingerprint density at radius 1 is 1.52 bits per heavy atom. The number of thiophene rings is 1. The lowest BCUT2D eigenvalue weighted by molar-refractivity contribution is -0.116. The van der Waals surface area contributed by atoms with Crippen LogP contribution in [-0.2, 0) is 4.79 Å². The van der Waals surface area contributed by atoms with Gasteiger partial charge in [-0.25, -0.2) is 0 Å². The van der Waals surface area contributed by atoms with E-state index < -0.39 is 5.91 Å². The fraction of sp³-hybridized carbons (Fsp3) is 0.600. The zero-order chi connectivity index (χ0) is 15.2. The number of rotatable bonds is 6. The van der Waals surface area contributed by atoms with E-state index in [0.29, 0.717) is 17.0 Å². The number of hydrogen-bond acceptors (Lipinski definition) is 4. The first-order valence-electron chi connectivity index (χ1n) is 7.49. The highest BCUT2D eigenvalue weighted by atomic mass is 32.1. The topological polar surface area (TPSA) is 75.4 Å². The Morgan fingerprint density at radius 3 is 3.05 bits per heavy atom. The van der Waals surface area contributed by atoms with E-state index in [-0.39, 0.29) is 5.91 Å². The third-order valence-electron chi connectivity index (χ3n) is 4.02. The van der Waals surface area contributed by atoms with Gasteiger partial charge in [0.15, 0.2) is 0 Å². The van der Waals surface area contributed by atoms with E-state index in [4.69, 9.17) is 5.73 Å². The van der Waals surface area contributed by atoms with Gasteiger partial charge < -0.3 is 16.0 Å². The van der Waals surface area contributed by atoms with Gasteiger partial charge in [-0.05, 0) is 36.8 Å². The number of anilines is 1. The summed E-state index contributed by atoms with van der Waals surface area (Å²) < 4.78 is 0. The summed E-state index contributed by atoms with van der Waals surface area (Å²) in [5.41, 5.74) is 5.65. The number of nitrogens with one attached hydrogen (secondary N) is 1. The number of amides is 2. The molecule has 2 heterocycles. The number of primary amides is 1. The molecule has 0 unspecified atom stereocenters. The Kier molecular flexibility index (Phi) is 5.76. The van der Waals surface area contributed by atoms with Gasteiger partial charge in [0, 0.05) is 19.5 Å². The van der Waals surface area contributed by atoms with Crippen LogP contribution in [0, 0.1) is 5.92 Å². The fourth-order valence-electron chi connectivity index (χ4n) is 2.74. The van der Waals surface area contributed by atoms with Crippen LogP contribution in [0.1, 0.15) is 43.0 Å². The highest BCUT2D eigenvalue weighted by molar-refractivity contribution is 7.14. The molecule has 5 nitrogen and oxygen atoms in total. The van der Waals surface area contributed by atoms with Gasteiger partial charge in [0.2, 0.25) is 5.91 Å². The van der Waals surface area contributed by atoms with E-state index in [2.05, 4.69) is 17.1 Å². The summed E-state index contributed by atoms with van der Waals surface area (Å²) in [5, 5.41) is 5.10. The SMILES string of the molecule is CC[C@@H]1CCCN(CCC(=O)Nc2sccc2C(N)=O)C1. The molecule has 3 N–H and O–H groups in total. The summed E-state index contributed by atoms with van der Waals surface area (Å²) in [6.07, 6.45) is 4.18. The van der Waals surface area contributed by atoms with E-state index in [1.807, 2.05) is 0 Å². The standard InChI is InChI=1S/C15H23N3O2S/c1-2-11-4-3-7-18(10-11)8-5-13(19)17-15-12(14(16)20)6-9-21-15/h6,9,11H,2-5,7-8,10H2,1H3,(H2,16,20)(H,17,19)/t11-/m1/s1. The third-order valence-corrected chi connectivity index (χ3v) is 4.85. The molecule has 1 aliphatic rings. The average Bonchev–Trinajstić information content (AvgIpc) is 2.93. The maximum atomic E-state index is 12.0. The monoisotopic (exact) mass is 309 g/mol. The molecule has 1 fully saturated rings. The molecule has 116 valence electrons. The number of piperidine rings is 1. The van der Waals surface area contributed by atoms with E-state index in [1.54, 1.807) is 11.4 Å². The molecule has 0 saturated carbocycles. The average molecular weight is 309 g/mol. The summed E-state index contributed by atoms with van der Waals surface area (Å²) in [6.45, 7) is 5.17. The van der Waals surface area contributed by atoms with Crippen LogP contribution in [0.4, 0.5) is 5.00 Å². The van der Waals surface area contributed by atoms with Gasteiger partial charge >= 0.3 is 0 Å². The van der Waals surface area contributed by atoms with Crippen molar-refractivity contribution in [1.82, 2.24) is 4.90 Å². The third kappa shape index (κ3) is 4.54. The molecule has 2 rings (SSSR count). The Labute approximate surface area is 129 Å². The Hall–Kier alpha value is -1.40. The summed E-state index contributed by atoms with van der Waals surface area (Å²) in [5.74, 6) is 0.201. The van der Waals surface area contributed by atoms with Crippen molar-refractivity contribution in [3.8, 4) is 0 Å². The van der Waals surface area contributed by atoms with Crippen LogP contribution in [-0.4, -0.2) is 36.3 Å². The molecule has 1 saturated heterocycles. The van der Waals surface area contributed by atoms with Crippen molar-refractivity contribution in [3.05, 3.63) is 17.0 Å². The van der Waals surface area contributed by atoms with Crippen LogP contribution < -0.4 is 11.1 Å². The second-order valence-electron chi connectivity index (χ2n) is 5.54. The lowest BCUT2D eigenvalue weighted by Crippen LogP contribution is -2.37. The van der Waals surface area contributed by atoms with Crippen molar-refractivity contribution in [2.45, 2.75) is 32.6 Å². The molecular formula is C15H23N3O2S. The second kappa shape index (κ2) is 7.56. The Balaban J connectivity index is 1.79. The first-order valence-corrected chi connectivity index (χ1v) is 8.37. The van der Waals surface area contributed by atoms with Gasteiger partial charge in [-0.15, -0.1) is 11.3 Å². The van der Waals surface area contributed by atoms with Crippen molar-refractivity contribution in [3.63, 3.8) is 0 Å². The molecule has 0 spiro atoms. The Morgan fingerprint density at radius 2 is 2.33 bits per heavy atom. The van der Waals surface area contributed by atoms with Crippen LogP contribution in [0.15, 0.2) is 11.4 Å². The smallest absolute Gasteiger partial charge is 0.251 e. The molecule has 6 heteroatoms. The van der Waals surface area contributed by atoms with Gasteiger partial charge in [0.05, 0.1) is 5.56 Å². The van der Waals surface area contributed by atoms with E-state index in [9.17, 15) is 9.59 Å². The first-order chi connectivity index (χ1) is 10.1. The molecule has 0 aliphatic carbocycles. The second-order valence-corrected chi connectivity index (χ2v) is 6.46. The van der Waals surface area contributed by atoms with E-state index in [0.717, 1.165) is 25.6 Å². The lowest BCUT2D eigenvalue weighted by Gasteiger charge is -2.31. The van der Waals surface area contributed by atoms with Gasteiger partial charge in [-0.2, -0.15) is 0 Å². The summed E-state index contributed by atoms with van der Waals surface area (Å²) in [7, 11) is 0. The van der Waals surface area contributed by atoms with Crippen molar-refractivity contribution in [2.75, 3.05) is 25.0 Å². The number of likely N-dealkylation sites (tertiary alicyclic amines) is 1. The van der Waals surface area contributed by atoms with E-state index in [1.165, 1.54) is 30.6 Å². The first kappa shape index (κ1) is 16.0. The molecule has 2 amide bonds. The van der Waals surface area contributed by atoms with Crippen LogP contribution in [0.5, 0.6) is 0 Å². The minimum absolute atomic E-state index is 0.0569. The van der Waals surface area contributed by atoms with Gasteiger partial charge in [-0.3, -0.25) is 9.59 Å². The number of nitrogens with zero attached hydrogens (tertiary/aromatic N) is 1. The molecule has 21 heavy (non-hydrogen) atoms. The zero-order valence-corrected chi connectivity index (χ0v) is 13.2. The van der Waals surface area contributed by atoms with E-state index >= 15 is 0 Å². The molecule has 1 aromatic rings. The molecule has 0 radical (unpaired) electrons. The summed E-state index contributed by atoms with van der Waals surface area (Å²) in [6, 6.07) is 1.64. The van der Waals surface area contributed by atoms with Gasteiger partial charge in [0.1, 0.15) is 5.00 Å². The lowest BCUT2D eigenvalue weighted by atomic mass is 9.95. The number of carbonyl (C=O) groups excluding carboxylic acids is 2. The molecule has 0 bridgehead atoms. The van der Waals surface area contributed by atoms with Crippen molar-refractivity contribution < 1.29 is 9.59 Å². The zero-order valence-electron chi connectivity index (χ0n) is 12.4. The summed E-state index contributed by atoms with van der Waals surface area (Å²) in [4.78, 5) is 25.6. The van der Waals surface area contributed by atoms with Crippen LogP contribution in [0.3, 0.4) is 0 Å². The highest BCUT2D eigenvalue weighted by Gasteiger charge is 2.19. The predicted molar refractivity (Wildman–Crippen MR) is 85.5 cm³/mol. The van der Waals surface area contributed by atoms with Gasteiger partial charge in [-0.1, -0.05) is 13.3 Å². The minimum atomic E-state index is -0.506. The van der Waals surface area contributed by atoms with Gasteiger partial charge in [0.25, 0.3) is 5.91 Å². The maximum absolute atomic E-state index is 12.0. The minimum Gasteiger partial charge on any atom is -0.366 e. The molecule has 1 aliphatic heterocycles. The van der Waals surface area contributed by atoms with Crippen molar-refractivity contribution in [1.29, 1.82) is 0 Å². The van der Waals surface area contributed by atoms with Crippen LogP contribution >= 0.6 is 11.3 Å². The predicted octanol–water partition coefficient (Wildman–Crippen LogP) is 2.30. The number of hydrogen-bond donors (Lipinski definition) is 2. The number of carbonyl (C=O) groups is 2. The highest BCUT2D eigenvalue weighted by Crippen LogP contribution is 2.23. The molecule has 1 atom stereocenters. The van der Waals surface area contributed by atoms with Crippen LogP contribution in [0.2, 0.25) is 0 Å². The fourth-order valence-corrected chi connectivity index (χ4v) is 3.55. The van der Waals surface area contributed by atoms with Crippen LogP contribution in [0.25, 0.3) is 0 Å². The normalized spacial score (nSPS) is 19.4. The van der Waals surface area contributed by atoms with Crippen molar-refractivity contribution in [2.24, 2.45) is 11.7 Å². The molecular weight excluding hydrogens is 286 g/mol. The quantitative estimate of drug-likeness (QED) is 0.846. The largest absolute Gasteiger partial charge is 0.366 e. The van der Waals surface area contributed by atoms with Crippen molar-refractivity contribution >= 4 is 28.2 Å². The summed E-state index contributed by atoms with van der Waals surface area (Å²) >= 11 is 1.33. The molecule has 0 aromatic carbocycles.